The summed E-state index contributed by atoms with van der Waals surface area (Å²) >= 11 is 0. The largest absolute Gasteiger partial charge is 0.463 e. The maximum absolute atomic E-state index is 13.0. The van der Waals surface area contributed by atoms with Gasteiger partial charge < -0.3 is 4.74 Å². The minimum Gasteiger partial charge on any atom is -0.463 e. The van der Waals surface area contributed by atoms with E-state index in [0.29, 0.717) is 18.4 Å². The Morgan fingerprint density at radius 1 is 1.26 bits per heavy atom. The van der Waals surface area contributed by atoms with Crippen LogP contribution in [0.1, 0.15) is 45.4 Å². The highest BCUT2D eigenvalue weighted by atomic mass is 19.4. The fourth-order valence-corrected chi connectivity index (χ4v) is 2.20. The first-order chi connectivity index (χ1) is 8.95. The third-order valence-corrected chi connectivity index (χ3v) is 3.09. The van der Waals surface area contributed by atoms with Gasteiger partial charge in [-0.05, 0) is 39.0 Å². The third-order valence-electron chi connectivity index (χ3n) is 3.09. The Balaban J connectivity index is 2.74. The number of ether oxygens (including phenoxy) is 1. The average Bonchev–Trinajstić information content (AvgIpc) is 2.34. The van der Waals surface area contributed by atoms with E-state index in [9.17, 15) is 18.0 Å². The van der Waals surface area contributed by atoms with Gasteiger partial charge in [0.2, 0.25) is 0 Å². The van der Waals surface area contributed by atoms with Crippen LogP contribution < -0.4 is 0 Å². The van der Waals surface area contributed by atoms with Gasteiger partial charge in [-0.25, -0.2) is 4.79 Å². The second-order valence-corrected chi connectivity index (χ2v) is 4.50. The lowest BCUT2D eigenvalue weighted by Gasteiger charge is -2.20. The number of esters is 1. The summed E-state index contributed by atoms with van der Waals surface area (Å²) in [4.78, 5) is 11.0. The zero-order chi connectivity index (χ0) is 14.3. The number of rotatable bonds is 4. The molecular formula is C14H19F3O2. The van der Waals surface area contributed by atoms with Gasteiger partial charge in [-0.15, -0.1) is 0 Å². The monoisotopic (exact) mass is 276 g/mol. The van der Waals surface area contributed by atoms with Crippen LogP contribution in [0.15, 0.2) is 23.3 Å². The summed E-state index contributed by atoms with van der Waals surface area (Å²) in [5.74, 6) is -0.599. The lowest BCUT2D eigenvalue weighted by atomic mass is 9.89. The summed E-state index contributed by atoms with van der Waals surface area (Å²) in [6.45, 7) is 1.87. The molecule has 0 heterocycles. The molecule has 0 N–H and O–H groups in total. The van der Waals surface area contributed by atoms with Crippen LogP contribution in [0.2, 0.25) is 0 Å². The van der Waals surface area contributed by atoms with Crippen LogP contribution in [0.5, 0.6) is 0 Å². The molecule has 1 saturated carbocycles. The third kappa shape index (κ3) is 5.49. The van der Waals surface area contributed by atoms with E-state index >= 15 is 0 Å². The lowest BCUT2D eigenvalue weighted by molar-refractivity contribution is -0.137. The highest BCUT2D eigenvalue weighted by molar-refractivity contribution is 5.81. The molecule has 0 unspecified atom stereocenters. The minimum atomic E-state index is -4.31. The first kappa shape index (κ1) is 15.8. The fraction of sp³-hybridized carbons (Fsp3) is 0.643. The van der Waals surface area contributed by atoms with Crippen molar-refractivity contribution in [1.29, 1.82) is 0 Å². The summed E-state index contributed by atoms with van der Waals surface area (Å²) in [5, 5.41) is 0. The fourth-order valence-electron chi connectivity index (χ4n) is 2.20. The molecule has 108 valence electrons. The second kappa shape index (κ2) is 7.36. The van der Waals surface area contributed by atoms with Crippen LogP contribution in [0.25, 0.3) is 0 Å². The molecule has 5 heteroatoms. The molecule has 0 aliphatic heterocycles. The molecule has 19 heavy (non-hydrogen) atoms. The first-order valence-corrected chi connectivity index (χ1v) is 6.56. The van der Waals surface area contributed by atoms with Crippen molar-refractivity contribution in [2.45, 2.75) is 51.6 Å². The molecule has 0 aromatic carbocycles. The number of halogens is 3. The molecule has 1 fully saturated rings. The zero-order valence-corrected chi connectivity index (χ0v) is 11.1. The molecule has 0 atom stereocenters. The van der Waals surface area contributed by atoms with E-state index in [1.807, 2.05) is 0 Å². The highest BCUT2D eigenvalue weighted by Crippen LogP contribution is 2.36. The maximum Gasteiger partial charge on any atom is 0.412 e. The molecule has 1 rings (SSSR count). The topological polar surface area (TPSA) is 26.3 Å². The second-order valence-electron chi connectivity index (χ2n) is 4.50. The Kier molecular flexibility index (Phi) is 6.12. The van der Waals surface area contributed by atoms with Crippen LogP contribution in [0.4, 0.5) is 13.2 Å². The van der Waals surface area contributed by atoms with E-state index < -0.39 is 17.7 Å². The number of carbonyl (C=O) groups excluding carboxylic acids is 1. The Labute approximate surface area is 111 Å². The Hall–Kier alpha value is -1.26. The SMILES string of the molecule is CCOC(=O)/C=C/CC(=C1CCCCC1)C(F)(F)F. The van der Waals surface area contributed by atoms with E-state index in [1.165, 1.54) is 6.08 Å². The highest BCUT2D eigenvalue weighted by Gasteiger charge is 2.35. The quantitative estimate of drug-likeness (QED) is 0.434. The summed E-state index contributed by atoms with van der Waals surface area (Å²) in [5.41, 5.74) is 0.00000680. The van der Waals surface area contributed by atoms with Crippen molar-refractivity contribution < 1.29 is 22.7 Å². The van der Waals surface area contributed by atoms with Gasteiger partial charge in [0.25, 0.3) is 0 Å². The van der Waals surface area contributed by atoms with Crippen molar-refractivity contribution in [2.24, 2.45) is 0 Å². The molecule has 0 radical (unpaired) electrons. The van der Waals surface area contributed by atoms with Crippen molar-refractivity contribution in [3.05, 3.63) is 23.3 Å². The van der Waals surface area contributed by atoms with Gasteiger partial charge in [-0.3, -0.25) is 0 Å². The van der Waals surface area contributed by atoms with E-state index in [1.54, 1.807) is 6.92 Å². The van der Waals surface area contributed by atoms with E-state index in [0.717, 1.165) is 25.3 Å². The van der Waals surface area contributed by atoms with E-state index in [4.69, 9.17) is 0 Å². The molecule has 0 bridgehead atoms. The number of hydrogen-bond donors (Lipinski definition) is 0. The van der Waals surface area contributed by atoms with Crippen molar-refractivity contribution in [3.8, 4) is 0 Å². The lowest BCUT2D eigenvalue weighted by Crippen LogP contribution is -2.15. The number of allylic oxidation sites excluding steroid dienone is 3. The van der Waals surface area contributed by atoms with Crippen molar-refractivity contribution in [3.63, 3.8) is 0 Å². The van der Waals surface area contributed by atoms with Crippen molar-refractivity contribution in [2.75, 3.05) is 6.61 Å². The molecular weight excluding hydrogens is 257 g/mol. The first-order valence-electron chi connectivity index (χ1n) is 6.56. The van der Waals surface area contributed by atoms with E-state index in [-0.39, 0.29) is 13.0 Å². The van der Waals surface area contributed by atoms with Gasteiger partial charge in [-0.1, -0.05) is 18.1 Å². The summed E-state index contributed by atoms with van der Waals surface area (Å²) < 4.78 is 43.5. The average molecular weight is 276 g/mol. The standard InChI is InChI=1S/C14H19F3O2/c1-2-19-13(18)10-6-9-12(14(15,16)17)11-7-4-3-5-8-11/h6,10H,2-5,7-9H2,1H3/b10-6+. The molecule has 0 spiro atoms. The van der Waals surface area contributed by atoms with Gasteiger partial charge >= 0.3 is 12.1 Å². The minimum absolute atomic E-state index is 0.219. The van der Waals surface area contributed by atoms with Gasteiger partial charge in [0.1, 0.15) is 0 Å². The molecule has 0 aromatic heterocycles. The maximum atomic E-state index is 13.0. The molecule has 2 nitrogen and oxygen atoms in total. The zero-order valence-electron chi connectivity index (χ0n) is 11.1. The van der Waals surface area contributed by atoms with Gasteiger partial charge in [0, 0.05) is 11.6 Å². The predicted octanol–water partition coefficient (Wildman–Crippen LogP) is 4.32. The summed E-state index contributed by atoms with van der Waals surface area (Å²) in [7, 11) is 0. The van der Waals surface area contributed by atoms with Crippen molar-refractivity contribution in [1.82, 2.24) is 0 Å². The molecule has 0 amide bonds. The summed E-state index contributed by atoms with van der Waals surface area (Å²) in [6, 6.07) is 0. The van der Waals surface area contributed by atoms with Crippen LogP contribution in [-0.4, -0.2) is 18.8 Å². The number of carbonyl (C=O) groups is 1. The Bertz CT molecular complexity index is 359. The Morgan fingerprint density at radius 3 is 2.42 bits per heavy atom. The summed E-state index contributed by atoms with van der Waals surface area (Å²) in [6.07, 6.45) is 1.40. The molecule has 1 aliphatic carbocycles. The van der Waals surface area contributed by atoms with Crippen molar-refractivity contribution >= 4 is 5.97 Å². The van der Waals surface area contributed by atoms with Crippen LogP contribution in [0.3, 0.4) is 0 Å². The smallest absolute Gasteiger partial charge is 0.412 e. The van der Waals surface area contributed by atoms with Crippen LogP contribution >= 0.6 is 0 Å². The normalized spacial score (nSPS) is 16.7. The molecule has 0 aromatic rings. The van der Waals surface area contributed by atoms with Gasteiger partial charge in [-0.2, -0.15) is 13.2 Å². The molecule has 0 saturated heterocycles. The van der Waals surface area contributed by atoms with Crippen LogP contribution in [0, 0.1) is 0 Å². The molecule has 1 aliphatic rings. The van der Waals surface area contributed by atoms with Crippen LogP contribution in [-0.2, 0) is 9.53 Å². The number of alkyl halides is 3. The number of hydrogen-bond acceptors (Lipinski definition) is 2. The predicted molar refractivity (Wildman–Crippen MR) is 66.6 cm³/mol. The van der Waals surface area contributed by atoms with Gasteiger partial charge in [0.15, 0.2) is 0 Å². The Morgan fingerprint density at radius 2 is 1.89 bits per heavy atom. The van der Waals surface area contributed by atoms with Gasteiger partial charge in [0.05, 0.1) is 6.61 Å². The van der Waals surface area contributed by atoms with E-state index in [2.05, 4.69) is 4.74 Å².